The third-order valence-corrected chi connectivity index (χ3v) is 5.25. The number of benzene rings is 1. The summed E-state index contributed by atoms with van der Waals surface area (Å²) in [5.41, 5.74) is 1.14. The molecule has 1 aromatic rings. The molecule has 0 N–H and O–H groups in total. The summed E-state index contributed by atoms with van der Waals surface area (Å²) in [7, 11) is 0. The van der Waals surface area contributed by atoms with Gasteiger partial charge in [0.25, 0.3) is 0 Å². The number of amides is 1. The second-order valence-corrected chi connectivity index (χ2v) is 6.71. The van der Waals surface area contributed by atoms with E-state index in [4.69, 9.17) is 9.47 Å². The molecule has 23 heavy (non-hydrogen) atoms. The molecule has 3 aliphatic heterocycles. The molecular formula is C18H24N2O3. The molecule has 0 spiro atoms. The first-order valence-corrected chi connectivity index (χ1v) is 8.70. The molecule has 0 saturated carbocycles. The molecule has 1 aromatic carbocycles. The fraction of sp³-hybridized carbons (Fsp3) is 0.611. The van der Waals surface area contributed by atoms with Gasteiger partial charge in [0.15, 0.2) is 11.5 Å². The highest BCUT2D eigenvalue weighted by Gasteiger charge is 2.30. The molecular weight excluding hydrogens is 292 g/mol. The Labute approximate surface area is 137 Å². The summed E-state index contributed by atoms with van der Waals surface area (Å²) in [6.07, 6.45) is 5.20. The van der Waals surface area contributed by atoms with Gasteiger partial charge in [-0.2, -0.15) is 0 Å². The van der Waals surface area contributed by atoms with Gasteiger partial charge in [-0.25, -0.2) is 0 Å². The summed E-state index contributed by atoms with van der Waals surface area (Å²) < 4.78 is 10.7. The van der Waals surface area contributed by atoms with Crippen LogP contribution in [0, 0.1) is 0 Å². The number of hydrogen-bond donors (Lipinski definition) is 0. The van der Waals surface area contributed by atoms with Gasteiger partial charge in [-0.3, -0.25) is 9.69 Å². The third-order valence-electron chi connectivity index (χ3n) is 5.25. The maximum absolute atomic E-state index is 12.5. The van der Waals surface area contributed by atoms with Crippen LogP contribution in [0.3, 0.4) is 0 Å². The minimum atomic E-state index is 0.285. The number of carbonyl (C=O) groups excluding carboxylic acids is 1. The zero-order valence-corrected chi connectivity index (χ0v) is 13.5. The molecule has 4 rings (SSSR count). The Hall–Kier alpha value is -1.75. The second kappa shape index (κ2) is 6.40. The number of piperazine rings is 1. The van der Waals surface area contributed by atoms with Crippen molar-refractivity contribution in [2.24, 2.45) is 0 Å². The number of ether oxygens (including phenoxy) is 2. The van der Waals surface area contributed by atoms with E-state index in [2.05, 4.69) is 9.80 Å². The van der Waals surface area contributed by atoms with E-state index in [1.54, 1.807) is 0 Å². The molecule has 3 aliphatic rings. The smallest absolute Gasteiger partial charge is 0.231 e. The zero-order valence-electron chi connectivity index (χ0n) is 13.5. The third kappa shape index (κ3) is 3.15. The van der Waals surface area contributed by atoms with Crippen LogP contribution < -0.4 is 9.47 Å². The van der Waals surface area contributed by atoms with Crippen molar-refractivity contribution in [3.8, 4) is 11.5 Å². The van der Waals surface area contributed by atoms with Gasteiger partial charge < -0.3 is 14.4 Å². The van der Waals surface area contributed by atoms with Crippen molar-refractivity contribution >= 4 is 5.91 Å². The normalized spacial score (nSPS) is 23.7. The number of fused-ring (bicyclic) bond motifs is 2. The van der Waals surface area contributed by atoms with Gasteiger partial charge in [0, 0.05) is 32.1 Å². The maximum Gasteiger partial charge on any atom is 0.231 e. The lowest BCUT2D eigenvalue weighted by molar-refractivity contribution is -0.134. The summed E-state index contributed by atoms with van der Waals surface area (Å²) in [4.78, 5) is 17.2. The Morgan fingerprint density at radius 1 is 1.13 bits per heavy atom. The van der Waals surface area contributed by atoms with Gasteiger partial charge in [0.1, 0.15) is 0 Å². The van der Waals surface area contributed by atoms with Crippen molar-refractivity contribution in [2.75, 3.05) is 33.0 Å². The summed E-state index contributed by atoms with van der Waals surface area (Å²) >= 11 is 0. The second-order valence-electron chi connectivity index (χ2n) is 6.71. The van der Waals surface area contributed by atoms with Crippen LogP contribution in [0.25, 0.3) is 0 Å². The summed E-state index contributed by atoms with van der Waals surface area (Å²) in [6, 6.07) is 6.55. The van der Waals surface area contributed by atoms with E-state index in [0.29, 0.717) is 19.3 Å². The zero-order chi connectivity index (χ0) is 15.6. The molecule has 1 unspecified atom stereocenters. The van der Waals surface area contributed by atoms with E-state index in [9.17, 15) is 4.79 Å². The minimum absolute atomic E-state index is 0.285. The van der Waals surface area contributed by atoms with Gasteiger partial charge in [-0.05, 0) is 43.5 Å². The largest absolute Gasteiger partial charge is 0.454 e. The molecule has 5 nitrogen and oxygen atoms in total. The van der Waals surface area contributed by atoms with Gasteiger partial charge in [0.2, 0.25) is 12.7 Å². The average molecular weight is 316 g/mol. The van der Waals surface area contributed by atoms with E-state index >= 15 is 0 Å². The molecule has 0 bridgehead atoms. The molecule has 2 fully saturated rings. The van der Waals surface area contributed by atoms with Gasteiger partial charge in [-0.1, -0.05) is 12.5 Å². The lowest BCUT2D eigenvalue weighted by Crippen LogP contribution is -2.56. The van der Waals surface area contributed by atoms with E-state index in [0.717, 1.165) is 43.1 Å². The van der Waals surface area contributed by atoms with Crippen LogP contribution in [0.4, 0.5) is 0 Å². The molecule has 124 valence electrons. The van der Waals surface area contributed by atoms with Crippen LogP contribution in [0.2, 0.25) is 0 Å². The van der Waals surface area contributed by atoms with Crippen molar-refractivity contribution in [3.63, 3.8) is 0 Å². The number of rotatable bonds is 3. The van der Waals surface area contributed by atoms with Crippen molar-refractivity contribution < 1.29 is 14.3 Å². The monoisotopic (exact) mass is 316 g/mol. The van der Waals surface area contributed by atoms with E-state index in [1.807, 2.05) is 18.2 Å². The van der Waals surface area contributed by atoms with Gasteiger partial charge in [-0.15, -0.1) is 0 Å². The SMILES string of the molecule is O=C(CCc1ccc2c(c1)OCO2)N1CCN2CCCCC2C1. The molecule has 1 atom stereocenters. The first-order valence-electron chi connectivity index (χ1n) is 8.70. The van der Waals surface area contributed by atoms with E-state index < -0.39 is 0 Å². The highest BCUT2D eigenvalue weighted by molar-refractivity contribution is 5.76. The Balaban J connectivity index is 1.31. The Morgan fingerprint density at radius 3 is 3.00 bits per heavy atom. The van der Waals surface area contributed by atoms with E-state index in [1.165, 1.54) is 25.8 Å². The first-order chi connectivity index (χ1) is 11.3. The van der Waals surface area contributed by atoms with Gasteiger partial charge >= 0.3 is 0 Å². The van der Waals surface area contributed by atoms with Crippen molar-refractivity contribution in [3.05, 3.63) is 23.8 Å². The predicted octanol–water partition coefficient (Wildman–Crippen LogP) is 2.04. The quantitative estimate of drug-likeness (QED) is 0.856. The van der Waals surface area contributed by atoms with Crippen LogP contribution in [0.5, 0.6) is 11.5 Å². The number of aryl methyl sites for hydroxylation is 1. The standard InChI is InChI=1S/C18H24N2O3/c21-18(20-10-9-19-8-2-1-3-15(19)12-20)7-5-14-4-6-16-17(11-14)23-13-22-16/h4,6,11,15H,1-3,5,7-10,12-13H2. The maximum atomic E-state index is 12.5. The molecule has 0 aliphatic carbocycles. The van der Waals surface area contributed by atoms with Crippen LogP contribution in [-0.4, -0.2) is 54.7 Å². The predicted molar refractivity (Wildman–Crippen MR) is 86.7 cm³/mol. The highest BCUT2D eigenvalue weighted by atomic mass is 16.7. The van der Waals surface area contributed by atoms with Crippen LogP contribution in [-0.2, 0) is 11.2 Å². The fourth-order valence-electron chi connectivity index (χ4n) is 3.89. The summed E-state index contributed by atoms with van der Waals surface area (Å²) in [6.45, 7) is 4.35. The average Bonchev–Trinajstić information content (AvgIpc) is 3.07. The Kier molecular flexibility index (Phi) is 4.12. The molecule has 2 saturated heterocycles. The molecule has 0 aromatic heterocycles. The minimum Gasteiger partial charge on any atom is -0.454 e. The fourth-order valence-corrected chi connectivity index (χ4v) is 3.89. The lowest BCUT2D eigenvalue weighted by Gasteiger charge is -2.44. The summed E-state index contributed by atoms with van der Waals surface area (Å²) in [5, 5.41) is 0. The number of nitrogens with zero attached hydrogens (tertiary/aromatic N) is 2. The summed E-state index contributed by atoms with van der Waals surface area (Å²) in [5.74, 6) is 1.88. The van der Waals surface area contributed by atoms with Crippen LogP contribution in [0.1, 0.15) is 31.2 Å². The van der Waals surface area contributed by atoms with E-state index in [-0.39, 0.29) is 5.91 Å². The van der Waals surface area contributed by atoms with Crippen molar-refractivity contribution in [2.45, 2.75) is 38.1 Å². The lowest BCUT2D eigenvalue weighted by atomic mass is 9.99. The molecule has 3 heterocycles. The number of carbonyl (C=O) groups is 1. The van der Waals surface area contributed by atoms with Crippen LogP contribution >= 0.6 is 0 Å². The van der Waals surface area contributed by atoms with Crippen molar-refractivity contribution in [1.82, 2.24) is 9.80 Å². The topological polar surface area (TPSA) is 42.0 Å². The number of piperidine rings is 1. The molecule has 0 radical (unpaired) electrons. The molecule has 1 amide bonds. The highest BCUT2D eigenvalue weighted by Crippen LogP contribution is 2.32. The van der Waals surface area contributed by atoms with Crippen LogP contribution in [0.15, 0.2) is 18.2 Å². The number of hydrogen-bond acceptors (Lipinski definition) is 4. The first kappa shape index (κ1) is 14.8. The molecule has 5 heteroatoms. The van der Waals surface area contributed by atoms with Gasteiger partial charge in [0.05, 0.1) is 0 Å². The Bertz CT molecular complexity index is 590. The van der Waals surface area contributed by atoms with Crippen molar-refractivity contribution in [1.29, 1.82) is 0 Å². The Morgan fingerprint density at radius 2 is 2.04 bits per heavy atom.